The molecule has 1 aliphatic heterocycles. The number of aromatic nitrogens is 1. The lowest BCUT2D eigenvalue weighted by Crippen LogP contribution is -2.07. The Hall–Kier alpha value is -3.21. The fraction of sp³-hybridized carbons (Fsp3) is 0.261. The van der Waals surface area contributed by atoms with Crippen molar-refractivity contribution in [1.82, 2.24) is 4.98 Å². The molecule has 1 aromatic carbocycles. The van der Waals surface area contributed by atoms with Gasteiger partial charge in [-0.15, -0.1) is 0 Å². The van der Waals surface area contributed by atoms with E-state index in [1.807, 2.05) is 19.1 Å². The minimum Gasteiger partial charge on any atom is -0.404 e. The molecule has 1 fully saturated rings. The van der Waals surface area contributed by atoms with Gasteiger partial charge in [0.05, 0.1) is 12.2 Å². The summed E-state index contributed by atoms with van der Waals surface area (Å²) in [7, 11) is 0. The van der Waals surface area contributed by atoms with Crippen molar-refractivity contribution in [2.45, 2.75) is 26.7 Å². The van der Waals surface area contributed by atoms with Crippen LogP contribution in [0.5, 0.6) is 0 Å². The number of nitrogens with zero attached hydrogens (tertiary/aromatic N) is 3. The topological polar surface area (TPSA) is 75.7 Å². The molecule has 2 aromatic rings. The third-order valence-electron chi connectivity index (χ3n) is 5.15. The quantitative estimate of drug-likeness (QED) is 0.746. The first-order valence-electron chi connectivity index (χ1n) is 9.59. The predicted octanol–water partition coefficient (Wildman–Crippen LogP) is 4.24. The zero-order chi connectivity index (χ0) is 19.7. The van der Waals surface area contributed by atoms with Crippen LogP contribution in [-0.2, 0) is 0 Å². The highest BCUT2D eigenvalue weighted by molar-refractivity contribution is 6.13. The van der Waals surface area contributed by atoms with Crippen molar-refractivity contribution in [3.05, 3.63) is 77.4 Å². The number of allylic oxidation sites excluding steroid dienone is 1. The SMILES string of the molecule is C=C(Nc1cc(C2=NCC(C3CC3)=N2)ccc1C)/C(=C/N)c1cc(C)ccn1. The van der Waals surface area contributed by atoms with E-state index in [4.69, 9.17) is 10.7 Å². The fourth-order valence-electron chi connectivity index (χ4n) is 3.31. The van der Waals surface area contributed by atoms with Gasteiger partial charge in [-0.1, -0.05) is 18.7 Å². The molecule has 4 rings (SSSR count). The minimum atomic E-state index is 0.656. The number of nitrogens with two attached hydrogens (primary N) is 1. The molecule has 2 aliphatic rings. The summed E-state index contributed by atoms with van der Waals surface area (Å²) < 4.78 is 0. The number of amidine groups is 1. The Labute approximate surface area is 165 Å². The molecule has 1 aliphatic carbocycles. The molecule has 0 saturated heterocycles. The van der Waals surface area contributed by atoms with Crippen LogP contribution in [0.2, 0.25) is 0 Å². The van der Waals surface area contributed by atoms with Gasteiger partial charge >= 0.3 is 0 Å². The number of anilines is 1. The van der Waals surface area contributed by atoms with Crippen molar-refractivity contribution in [3.8, 4) is 0 Å². The molecule has 5 heteroatoms. The maximum absolute atomic E-state index is 5.89. The molecule has 0 bridgehead atoms. The van der Waals surface area contributed by atoms with Crippen LogP contribution >= 0.6 is 0 Å². The van der Waals surface area contributed by atoms with Gasteiger partial charge < -0.3 is 11.1 Å². The van der Waals surface area contributed by atoms with E-state index in [9.17, 15) is 0 Å². The summed E-state index contributed by atoms with van der Waals surface area (Å²) in [5, 5.41) is 3.40. The summed E-state index contributed by atoms with van der Waals surface area (Å²) >= 11 is 0. The lowest BCUT2D eigenvalue weighted by Gasteiger charge is -2.16. The minimum absolute atomic E-state index is 0.656. The second-order valence-electron chi connectivity index (χ2n) is 7.45. The summed E-state index contributed by atoms with van der Waals surface area (Å²) in [6.07, 6.45) is 5.83. The van der Waals surface area contributed by atoms with E-state index in [0.29, 0.717) is 11.6 Å². The molecule has 0 unspecified atom stereocenters. The van der Waals surface area contributed by atoms with Crippen LogP contribution in [0.4, 0.5) is 5.69 Å². The van der Waals surface area contributed by atoms with Crippen LogP contribution < -0.4 is 11.1 Å². The Balaban J connectivity index is 1.56. The molecular weight excluding hydrogens is 346 g/mol. The maximum atomic E-state index is 5.89. The number of benzene rings is 1. The first-order valence-corrected chi connectivity index (χ1v) is 9.59. The molecular formula is C23H25N5. The lowest BCUT2D eigenvalue weighted by molar-refractivity contribution is 1.14. The largest absolute Gasteiger partial charge is 0.404 e. The standard InChI is InChI=1S/C23H25N5/c1-14-8-9-25-21(10-14)19(12-24)16(3)27-20-11-18(5-4-15(20)2)23-26-13-22(28-23)17-6-7-17/h4-5,8-12,17,27H,3,6-7,13,24H2,1-2H3/b19-12-. The molecule has 28 heavy (non-hydrogen) atoms. The van der Waals surface area contributed by atoms with Crippen LogP contribution in [0.25, 0.3) is 5.57 Å². The number of pyridine rings is 1. The highest BCUT2D eigenvalue weighted by atomic mass is 15.0. The normalized spacial score (nSPS) is 16.6. The average Bonchev–Trinajstić information content (AvgIpc) is 3.41. The number of nitrogens with one attached hydrogen (secondary N) is 1. The van der Waals surface area contributed by atoms with E-state index in [1.54, 1.807) is 12.4 Å². The Morgan fingerprint density at radius 2 is 2.04 bits per heavy atom. The van der Waals surface area contributed by atoms with Gasteiger partial charge in [0.2, 0.25) is 0 Å². The van der Waals surface area contributed by atoms with Crippen molar-refractivity contribution >= 4 is 22.8 Å². The molecule has 0 atom stereocenters. The van der Waals surface area contributed by atoms with E-state index >= 15 is 0 Å². The van der Waals surface area contributed by atoms with E-state index < -0.39 is 0 Å². The Bertz CT molecular complexity index is 1030. The van der Waals surface area contributed by atoms with Crippen molar-refractivity contribution in [2.75, 3.05) is 11.9 Å². The van der Waals surface area contributed by atoms with Gasteiger partial charge in [0, 0.05) is 40.6 Å². The average molecular weight is 371 g/mol. The molecule has 0 radical (unpaired) electrons. The molecule has 0 amide bonds. The highest BCUT2D eigenvalue weighted by Crippen LogP contribution is 2.33. The van der Waals surface area contributed by atoms with Crippen molar-refractivity contribution in [1.29, 1.82) is 0 Å². The summed E-state index contributed by atoms with van der Waals surface area (Å²) in [6.45, 7) is 9.01. The Morgan fingerprint density at radius 1 is 1.21 bits per heavy atom. The zero-order valence-electron chi connectivity index (χ0n) is 16.4. The Kier molecular flexibility index (Phi) is 4.82. The van der Waals surface area contributed by atoms with Crippen LogP contribution in [0.15, 0.2) is 65.0 Å². The van der Waals surface area contributed by atoms with Crippen LogP contribution in [0, 0.1) is 19.8 Å². The van der Waals surface area contributed by atoms with E-state index in [0.717, 1.165) is 46.0 Å². The summed E-state index contributed by atoms with van der Waals surface area (Å²) in [5.74, 6) is 1.48. The lowest BCUT2D eigenvalue weighted by atomic mass is 10.1. The van der Waals surface area contributed by atoms with Crippen LogP contribution in [-0.4, -0.2) is 23.1 Å². The summed E-state index contributed by atoms with van der Waals surface area (Å²) in [4.78, 5) is 13.8. The van der Waals surface area contributed by atoms with E-state index in [1.165, 1.54) is 18.6 Å². The second kappa shape index (κ2) is 7.43. The van der Waals surface area contributed by atoms with Crippen molar-refractivity contribution in [3.63, 3.8) is 0 Å². The first kappa shape index (κ1) is 18.2. The molecule has 1 aromatic heterocycles. The molecule has 142 valence electrons. The van der Waals surface area contributed by atoms with Crippen LogP contribution in [0.3, 0.4) is 0 Å². The van der Waals surface area contributed by atoms with Gasteiger partial charge in [-0.25, -0.2) is 4.99 Å². The van der Waals surface area contributed by atoms with E-state index in [2.05, 4.69) is 47.0 Å². The van der Waals surface area contributed by atoms with Gasteiger partial charge in [0.1, 0.15) is 0 Å². The molecule has 3 N–H and O–H groups in total. The van der Waals surface area contributed by atoms with E-state index in [-0.39, 0.29) is 0 Å². The number of rotatable bonds is 6. The van der Waals surface area contributed by atoms with Gasteiger partial charge in [-0.05, 0) is 61.9 Å². The number of aryl methyl sites for hydroxylation is 2. The van der Waals surface area contributed by atoms with Crippen molar-refractivity contribution in [2.24, 2.45) is 21.6 Å². The third kappa shape index (κ3) is 3.74. The van der Waals surface area contributed by atoms with Gasteiger partial charge in [0.15, 0.2) is 5.84 Å². The molecule has 0 spiro atoms. The first-order chi connectivity index (χ1) is 13.5. The maximum Gasteiger partial charge on any atom is 0.155 e. The van der Waals surface area contributed by atoms with Gasteiger partial charge in [-0.2, -0.15) is 0 Å². The molecule has 5 nitrogen and oxygen atoms in total. The fourth-order valence-corrected chi connectivity index (χ4v) is 3.31. The highest BCUT2D eigenvalue weighted by Gasteiger charge is 2.29. The summed E-state index contributed by atoms with van der Waals surface area (Å²) in [5.41, 5.74) is 13.6. The summed E-state index contributed by atoms with van der Waals surface area (Å²) in [6, 6.07) is 10.2. The monoisotopic (exact) mass is 371 g/mol. The smallest absolute Gasteiger partial charge is 0.155 e. The third-order valence-corrected chi connectivity index (χ3v) is 5.15. The van der Waals surface area contributed by atoms with Gasteiger partial charge in [-0.3, -0.25) is 9.98 Å². The number of aliphatic imine (C=N–C) groups is 2. The zero-order valence-corrected chi connectivity index (χ0v) is 16.4. The molecule has 2 heterocycles. The number of hydrogen-bond donors (Lipinski definition) is 2. The molecule has 1 saturated carbocycles. The Morgan fingerprint density at radius 3 is 2.75 bits per heavy atom. The number of hydrogen-bond acceptors (Lipinski definition) is 5. The van der Waals surface area contributed by atoms with Crippen LogP contribution in [0.1, 0.15) is 35.2 Å². The van der Waals surface area contributed by atoms with Crippen molar-refractivity contribution < 1.29 is 0 Å². The predicted molar refractivity (Wildman–Crippen MR) is 117 cm³/mol. The van der Waals surface area contributed by atoms with Gasteiger partial charge in [0.25, 0.3) is 0 Å². The second-order valence-corrected chi connectivity index (χ2v) is 7.45.